The quantitative estimate of drug-likeness (QED) is 0.235. The molecule has 2 unspecified atom stereocenters. The van der Waals surface area contributed by atoms with Gasteiger partial charge in [0, 0.05) is 38.3 Å². The number of fused-ring (bicyclic) bond motifs is 1. The Kier molecular flexibility index (Phi) is 8.09. The first-order valence-electron chi connectivity index (χ1n) is 14.4. The lowest BCUT2D eigenvalue weighted by molar-refractivity contribution is -0.118. The molecule has 2 heterocycles. The van der Waals surface area contributed by atoms with Crippen molar-refractivity contribution in [3.63, 3.8) is 0 Å². The van der Waals surface area contributed by atoms with Crippen LogP contribution >= 0.6 is 7.14 Å². The van der Waals surface area contributed by atoms with E-state index in [-0.39, 0.29) is 11.8 Å². The van der Waals surface area contributed by atoms with Gasteiger partial charge < -0.3 is 19.1 Å². The van der Waals surface area contributed by atoms with Crippen LogP contribution in [0.2, 0.25) is 0 Å². The number of rotatable bonds is 9. The lowest BCUT2D eigenvalue weighted by Gasteiger charge is -2.35. The van der Waals surface area contributed by atoms with Crippen molar-refractivity contribution in [3.8, 4) is 0 Å². The summed E-state index contributed by atoms with van der Waals surface area (Å²) in [6.45, 7) is 6.05. The molecule has 1 aliphatic rings. The van der Waals surface area contributed by atoms with Crippen molar-refractivity contribution < 1.29 is 14.5 Å². The molecule has 2 atom stereocenters. The predicted octanol–water partition coefficient (Wildman–Crippen LogP) is 6.46. The van der Waals surface area contributed by atoms with Crippen LogP contribution in [0, 0.1) is 6.92 Å². The third kappa shape index (κ3) is 5.43. The second kappa shape index (κ2) is 11.4. The van der Waals surface area contributed by atoms with Crippen molar-refractivity contribution in [1.29, 1.82) is 0 Å². The molecule has 4 aromatic rings. The zero-order valence-electron chi connectivity index (χ0n) is 24.7. The van der Waals surface area contributed by atoms with Crippen molar-refractivity contribution >= 4 is 18.7 Å². The Bertz CT molecular complexity index is 1620. The summed E-state index contributed by atoms with van der Waals surface area (Å²) < 4.78 is 14.9. The largest absolute Gasteiger partial charge is 0.374 e. The summed E-state index contributed by atoms with van der Waals surface area (Å²) in [4.78, 5) is 19.2. The Hall–Kier alpha value is -3.47. The summed E-state index contributed by atoms with van der Waals surface area (Å²) >= 11 is 0. The van der Waals surface area contributed by atoms with Crippen molar-refractivity contribution in [2.45, 2.75) is 45.1 Å². The molecule has 3 aromatic carbocycles. The number of aromatic nitrogens is 2. The van der Waals surface area contributed by atoms with E-state index < -0.39 is 12.7 Å². The molecular weight excluding hydrogens is 529 g/mol. The topological polar surface area (TPSA) is 75.4 Å². The van der Waals surface area contributed by atoms with Crippen LogP contribution < -0.4 is 4.90 Å². The van der Waals surface area contributed by atoms with Crippen molar-refractivity contribution in [1.82, 2.24) is 9.55 Å². The van der Waals surface area contributed by atoms with Crippen LogP contribution in [0.5, 0.6) is 0 Å². The fraction of sp³-hybridized carbons (Fsp3) is 0.353. The van der Waals surface area contributed by atoms with Crippen LogP contribution in [0.1, 0.15) is 65.3 Å². The minimum atomic E-state index is -2.15. The summed E-state index contributed by atoms with van der Waals surface area (Å²) in [6.07, 6.45) is 6.66. The Morgan fingerprint density at radius 3 is 2.41 bits per heavy atom. The van der Waals surface area contributed by atoms with Gasteiger partial charge in [-0.1, -0.05) is 74.0 Å². The molecule has 0 bridgehead atoms. The van der Waals surface area contributed by atoms with E-state index in [1.54, 1.807) is 17.4 Å². The van der Waals surface area contributed by atoms with E-state index in [0.717, 1.165) is 57.8 Å². The molecule has 7 heteroatoms. The smallest absolute Gasteiger partial charge is 0.227 e. The fourth-order valence-corrected chi connectivity index (χ4v) is 7.84. The van der Waals surface area contributed by atoms with Crippen LogP contribution in [0.15, 0.2) is 79.3 Å². The van der Waals surface area contributed by atoms with Gasteiger partial charge >= 0.3 is 0 Å². The number of carbonyl (C=O) groups excluding carboxylic acids is 1. The standard InChI is InChI=1S/C34H40N3O3P/c1-6-41(40,7-2)17-16-25-11-9-12-26(19-25)29-21-33(38)37(5)31-15-14-28(20-30(29)31)34(39,32-22-35-23-36(32)4)27-13-8-10-24(3)18-27/h8-15,18-20,22-23,29,39H,6-7,16-17,21H2,1-5H3. The van der Waals surface area contributed by atoms with Crippen molar-refractivity contribution in [2.24, 2.45) is 7.05 Å². The first-order chi connectivity index (χ1) is 19.6. The maximum absolute atomic E-state index is 13.2. The lowest BCUT2D eigenvalue weighted by atomic mass is 9.78. The molecule has 0 spiro atoms. The Balaban J connectivity index is 1.62. The average Bonchev–Trinajstić information content (AvgIpc) is 3.43. The number of aryl methyl sites for hydroxylation is 3. The van der Waals surface area contributed by atoms with E-state index in [9.17, 15) is 14.5 Å². The van der Waals surface area contributed by atoms with E-state index in [1.165, 1.54) is 0 Å². The molecule has 1 aliphatic heterocycles. The van der Waals surface area contributed by atoms with Gasteiger partial charge in [-0.2, -0.15) is 0 Å². The summed E-state index contributed by atoms with van der Waals surface area (Å²) in [7, 11) is 1.55. The molecule has 214 valence electrons. The summed E-state index contributed by atoms with van der Waals surface area (Å²) in [5, 5.41) is 12.6. The Morgan fingerprint density at radius 2 is 1.73 bits per heavy atom. The molecule has 0 aliphatic carbocycles. The maximum Gasteiger partial charge on any atom is 0.227 e. The van der Waals surface area contributed by atoms with Crippen molar-refractivity contribution in [2.75, 3.05) is 30.4 Å². The highest BCUT2D eigenvalue weighted by atomic mass is 31.2. The molecule has 0 radical (unpaired) electrons. The van der Waals surface area contributed by atoms with Crippen LogP contribution in [0.3, 0.4) is 0 Å². The number of amides is 1. The first-order valence-corrected chi connectivity index (χ1v) is 16.7. The number of benzene rings is 3. The molecule has 1 N–H and O–H groups in total. The third-order valence-electron chi connectivity index (χ3n) is 8.87. The molecule has 1 amide bonds. The Morgan fingerprint density at radius 1 is 1.00 bits per heavy atom. The predicted molar refractivity (Wildman–Crippen MR) is 167 cm³/mol. The van der Waals surface area contributed by atoms with Gasteiger partial charge in [0.25, 0.3) is 0 Å². The SMILES string of the molecule is CCP(=O)(CC)CCc1cccc(C2CC(=O)N(C)c3ccc(C(O)(c4cccc(C)c4)c4cncn4C)cc32)c1. The lowest BCUT2D eigenvalue weighted by Crippen LogP contribution is -2.35. The first kappa shape index (κ1) is 29.0. The second-order valence-corrected chi connectivity index (χ2v) is 15.2. The van der Waals surface area contributed by atoms with Gasteiger partial charge in [-0.15, -0.1) is 0 Å². The molecule has 6 nitrogen and oxygen atoms in total. The summed E-state index contributed by atoms with van der Waals surface area (Å²) in [5.74, 6) is -0.103. The van der Waals surface area contributed by atoms with E-state index in [1.807, 2.05) is 81.9 Å². The minimum Gasteiger partial charge on any atom is -0.374 e. The zero-order chi connectivity index (χ0) is 29.4. The maximum atomic E-state index is 13.2. The minimum absolute atomic E-state index is 0.0581. The molecule has 41 heavy (non-hydrogen) atoms. The average molecular weight is 570 g/mol. The van der Waals surface area contributed by atoms with Crippen LogP contribution in [0.25, 0.3) is 0 Å². The van der Waals surface area contributed by atoms with Crippen molar-refractivity contribution in [3.05, 3.63) is 118 Å². The molecule has 0 saturated carbocycles. The van der Waals surface area contributed by atoms with Crippen LogP contribution in [-0.4, -0.2) is 46.1 Å². The fourth-order valence-electron chi connectivity index (χ4n) is 6.09. The van der Waals surface area contributed by atoms with Gasteiger partial charge in [0.15, 0.2) is 5.60 Å². The number of hydrogen-bond donors (Lipinski definition) is 1. The van der Waals surface area contributed by atoms with Gasteiger partial charge in [0.1, 0.15) is 0 Å². The number of hydrogen-bond acceptors (Lipinski definition) is 4. The molecule has 1 aromatic heterocycles. The number of aliphatic hydroxyl groups is 1. The summed E-state index contributed by atoms with van der Waals surface area (Å²) in [5.41, 5.74) is 5.80. The Labute approximate surface area is 243 Å². The highest BCUT2D eigenvalue weighted by Crippen LogP contribution is 2.46. The van der Waals surface area contributed by atoms with Crippen LogP contribution in [0.4, 0.5) is 5.69 Å². The number of nitrogens with zero attached hydrogens (tertiary/aromatic N) is 3. The van der Waals surface area contributed by atoms with Gasteiger partial charge in [0.05, 0.1) is 25.4 Å². The zero-order valence-corrected chi connectivity index (χ0v) is 25.6. The molecule has 0 saturated heterocycles. The number of imidazole rings is 1. The third-order valence-corrected chi connectivity index (χ3v) is 12.2. The van der Waals surface area contributed by atoms with Gasteiger partial charge in [-0.25, -0.2) is 4.98 Å². The van der Waals surface area contributed by atoms with E-state index >= 15 is 0 Å². The number of carbonyl (C=O) groups is 1. The molecular formula is C34H40N3O3P. The number of anilines is 1. The highest BCUT2D eigenvalue weighted by molar-refractivity contribution is 7.63. The van der Waals surface area contributed by atoms with E-state index in [0.29, 0.717) is 18.3 Å². The monoisotopic (exact) mass is 569 g/mol. The summed E-state index contributed by atoms with van der Waals surface area (Å²) in [6, 6.07) is 22.2. The molecule has 5 rings (SSSR count). The van der Waals surface area contributed by atoms with Gasteiger partial charge in [-0.05, 0) is 65.6 Å². The van der Waals surface area contributed by atoms with E-state index in [2.05, 4.69) is 29.2 Å². The highest BCUT2D eigenvalue weighted by Gasteiger charge is 2.39. The second-order valence-electron chi connectivity index (χ2n) is 11.4. The van der Waals surface area contributed by atoms with E-state index in [4.69, 9.17) is 0 Å². The van der Waals surface area contributed by atoms with Gasteiger partial charge in [-0.3, -0.25) is 4.79 Å². The van der Waals surface area contributed by atoms with Crippen LogP contribution in [-0.2, 0) is 28.4 Å². The normalized spacial score (nSPS) is 16.9. The van der Waals surface area contributed by atoms with Gasteiger partial charge in [0.2, 0.25) is 5.91 Å². The molecule has 0 fully saturated rings.